The molecule has 0 atom stereocenters. The third kappa shape index (κ3) is 3.35. The molecule has 0 saturated carbocycles. The molecule has 0 saturated heterocycles. The lowest BCUT2D eigenvalue weighted by molar-refractivity contribution is -0.660. The normalized spacial score (nSPS) is 15.3. The number of pyridine rings is 1. The average Bonchev–Trinajstić information content (AvgIpc) is 3.31. The van der Waals surface area contributed by atoms with Gasteiger partial charge in [-0.2, -0.15) is 0 Å². The first-order valence-electron chi connectivity index (χ1n) is 14.0. The smallest absolute Gasteiger partial charge is 0.216 e. The maximum Gasteiger partial charge on any atom is 0.216 e. The Balaban J connectivity index is 1.51. The van der Waals surface area contributed by atoms with Crippen LogP contribution in [-0.4, -0.2) is 8.07 Å². The number of aryl methyl sites for hydroxylation is 2. The minimum absolute atomic E-state index is 0.117. The molecule has 0 spiro atoms. The lowest BCUT2D eigenvalue weighted by Gasteiger charge is -2.43. The van der Waals surface area contributed by atoms with Crippen LogP contribution in [0.15, 0.2) is 95.5 Å². The van der Waals surface area contributed by atoms with Crippen LogP contribution in [0.4, 0.5) is 4.39 Å². The van der Waals surface area contributed by atoms with Gasteiger partial charge in [-0.3, -0.25) is 0 Å². The van der Waals surface area contributed by atoms with Gasteiger partial charge in [0.2, 0.25) is 5.69 Å². The highest BCUT2D eigenvalue weighted by Crippen LogP contribution is 2.43. The van der Waals surface area contributed by atoms with Crippen LogP contribution < -0.4 is 14.9 Å². The summed E-state index contributed by atoms with van der Waals surface area (Å²) in [6.07, 6.45) is 2.04. The number of aromatic nitrogens is 1. The van der Waals surface area contributed by atoms with Crippen LogP contribution in [-0.2, 0) is 12.5 Å². The molecule has 3 heterocycles. The molecule has 4 heteroatoms. The highest BCUT2D eigenvalue weighted by Gasteiger charge is 2.42. The minimum Gasteiger partial charge on any atom is -0.454 e. The van der Waals surface area contributed by atoms with Crippen LogP contribution in [0.5, 0.6) is 0 Å². The zero-order chi connectivity index (χ0) is 28.0. The molecule has 4 aromatic carbocycles. The predicted molar refractivity (Wildman–Crippen MR) is 166 cm³/mol. The number of nitrogens with zero attached hydrogens (tertiary/aromatic N) is 1. The number of hydrogen-bond donors (Lipinski definition) is 0. The number of benzene rings is 4. The summed E-state index contributed by atoms with van der Waals surface area (Å²) in [4.78, 5) is 0. The monoisotopic (exact) mass is 542 g/mol. The molecule has 1 aliphatic rings. The van der Waals surface area contributed by atoms with Gasteiger partial charge < -0.3 is 4.42 Å². The van der Waals surface area contributed by atoms with Gasteiger partial charge in [0.25, 0.3) is 0 Å². The van der Waals surface area contributed by atoms with E-state index in [2.05, 4.69) is 99.1 Å². The highest BCUT2D eigenvalue weighted by atomic mass is 28.3. The first-order valence-corrected chi connectivity index (χ1v) is 17.0. The van der Waals surface area contributed by atoms with Crippen LogP contribution in [0.2, 0.25) is 13.1 Å². The Bertz CT molecular complexity index is 2000. The minimum atomic E-state index is -2.02. The number of hydrogen-bond acceptors (Lipinski definition) is 1. The summed E-state index contributed by atoms with van der Waals surface area (Å²) < 4.78 is 24.7. The van der Waals surface area contributed by atoms with E-state index in [1.54, 1.807) is 6.07 Å². The van der Waals surface area contributed by atoms with Gasteiger partial charge in [0.15, 0.2) is 6.20 Å². The zero-order valence-corrected chi connectivity index (χ0v) is 24.9. The number of rotatable bonds is 2. The van der Waals surface area contributed by atoms with Crippen LogP contribution in [0.1, 0.15) is 30.5 Å². The molecule has 0 bridgehead atoms. The van der Waals surface area contributed by atoms with Gasteiger partial charge in [-0.1, -0.05) is 86.7 Å². The van der Waals surface area contributed by atoms with Crippen molar-refractivity contribution in [2.75, 3.05) is 0 Å². The topological polar surface area (TPSA) is 17.0 Å². The summed E-state index contributed by atoms with van der Waals surface area (Å²) in [5.41, 5.74) is 8.69. The molecular formula is C36H33FNOSi+. The predicted octanol–water partition coefficient (Wildman–Crippen LogP) is 7.65. The molecule has 7 rings (SSSR count). The Labute approximate surface area is 235 Å². The molecule has 0 fully saturated rings. The van der Waals surface area contributed by atoms with Crippen molar-refractivity contribution in [2.24, 2.45) is 7.05 Å². The molecule has 2 nitrogen and oxygen atoms in total. The van der Waals surface area contributed by atoms with E-state index in [0.717, 1.165) is 38.7 Å². The summed E-state index contributed by atoms with van der Waals surface area (Å²) in [6.45, 7) is 11.5. The van der Waals surface area contributed by atoms with Gasteiger partial charge in [0.1, 0.15) is 32.1 Å². The van der Waals surface area contributed by atoms with Crippen LogP contribution in [0.3, 0.4) is 0 Å². The van der Waals surface area contributed by atoms with E-state index in [1.807, 2.05) is 31.4 Å². The Morgan fingerprint density at radius 2 is 1.43 bits per heavy atom. The van der Waals surface area contributed by atoms with Gasteiger partial charge in [-0.15, -0.1) is 0 Å². The summed E-state index contributed by atoms with van der Waals surface area (Å²) in [7, 11) is 0.0172. The Hall–Kier alpha value is -4.02. The fourth-order valence-electron chi connectivity index (χ4n) is 6.97. The van der Waals surface area contributed by atoms with Crippen LogP contribution >= 0.6 is 0 Å². The standard InChI is InChI=1S/C36H33FNOSi/c1-22-14-16-24-25-17-19-28(37)33(35(25)39-34(24)32(22)29-12-9-10-20-38(29)4)23-15-18-27-31(21-23)40(5,6)30-13-8-7-11-26(30)36(27,2)3/h7-21H,1-6H3/q+1. The average molecular weight is 543 g/mol. The molecule has 0 aliphatic carbocycles. The second-order valence-electron chi connectivity index (χ2n) is 12.3. The van der Waals surface area contributed by atoms with Crippen molar-refractivity contribution in [2.45, 2.75) is 39.3 Å². The summed E-state index contributed by atoms with van der Waals surface area (Å²) in [6, 6.07) is 29.3. The van der Waals surface area contributed by atoms with Crippen LogP contribution in [0.25, 0.3) is 44.3 Å². The zero-order valence-electron chi connectivity index (χ0n) is 23.9. The van der Waals surface area contributed by atoms with Crippen molar-refractivity contribution in [3.05, 3.63) is 114 Å². The van der Waals surface area contributed by atoms with Gasteiger partial charge >= 0.3 is 0 Å². The fraction of sp³-hybridized carbons (Fsp3) is 0.194. The molecule has 1 aliphatic heterocycles. The van der Waals surface area contributed by atoms with E-state index >= 15 is 4.39 Å². The molecule has 6 aromatic rings. The van der Waals surface area contributed by atoms with Gasteiger partial charge in [0.05, 0.1) is 11.1 Å². The van der Waals surface area contributed by atoms with E-state index in [4.69, 9.17) is 4.42 Å². The Kier molecular flexibility index (Phi) is 5.30. The Morgan fingerprint density at radius 1 is 0.750 bits per heavy atom. The van der Waals surface area contributed by atoms with Gasteiger partial charge in [0, 0.05) is 28.3 Å². The highest BCUT2D eigenvalue weighted by molar-refractivity contribution is 7.01. The van der Waals surface area contributed by atoms with E-state index in [0.29, 0.717) is 11.1 Å². The van der Waals surface area contributed by atoms with Gasteiger partial charge in [-0.05, 0) is 52.6 Å². The van der Waals surface area contributed by atoms with Crippen molar-refractivity contribution < 1.29 is 13.4 Å². The lowest BCUT2D eigenvalue weighted by atomic mass is 9.77. The molecule has 198 valence electrons. The summed E-state index contributed by atoms with van der Waals surface area (Å²) in [5, 5.41) is 4.77. The molecule has 0 unspecified atom stereocenters. The third-order valence-electron chi connectivity index (χ3n) is 9.21. The maximum absolute atomic E-state index is 15.9. The van der Waals surface area contributed by atoms with Gasteiger partial charge in [-0.25, -0.2) is 8.96 Å². The van der Waals surface area contributed by atoms with Crippen molar-refractivity contribution in [3.8, 4) is 22.4 Å². The van der Waals surface area contributed by atoms with E-state index in [9.17, 15) is 0 Å². The van der Waals surface area contributed by atoms with E-state index in [1.165, 1.54) is 21.5 Å². The van der Waals surface area contributed by atoms with Crippen molar-refractivity contribution in [1.82, 2.24) is 0 Å². The number of halogens is 1. The largest absolute Gasteiger partial charge is 0.454 e. The SMILES string of the molecule is Cc1ccc2c(oc3c(-c4ccc5c(c4)[Si](C)(C)c4ccccc4C5(C)C)c(F)ccc32)c1-c1cccc[n+]1C. The maximum atomic E-state index is 15.9. The molecule has 40 heavy (non-hydrogen) atoms. The molecule has 0 amide bonds. The van der Waals surface area contributed by atoms with E-state index < -0.39 is 8.07 Å². The summed E-state index contributed by atoms with van der Waals surface area (Å²) >= 11 is 0. The first-order chi connectivity index (χ1) is 19.1. The molecular weight excluding hydrogens is 509 g/mol. The quantitative estimate of drug-likeness (QED) is 0.162. The second-order valence-corrected chi connectivity index (χ2v) is 16.6. The molecule has 2 aromatic heterocycles. The fourth-order valence-corrected chi connectivity index (χ4v) is 10.4. The number of furan rings is 1. The van der Waals surface area contributed by atoms with Crippen LogP contribution in [0, 0.1) is 12.7 Å². The second kappa shape index (κ2) is 8.49. The van der Waals surface area contributed by atoms with Crippen molar-refractivity contribution in [1.29, 1.82) is 0 Å². The van der Waals surface area contributed by atoms with E-state index in [-0.39, 0.29) is 11.2 Å². The summed E-state index contributed by atoms with van der Waals surface area (Å²) in [5.74, 6) is -0.259. The lowest BCUT2D eigenvalue weighted by Crippen LogP contribution is -2.61. The molecule has 0 N–H and O–H groups in total. The number of fused-ring (bicyclic) bond motifs is 5. The Morgan fingerprint density at radius 3 is 2.20 bits per heavy atom. The van der Waals surface area contributed by atoms with Crippen molar-refractivity contribution in [3.63, 3.8) is 0 Å². The molecule has 0 radical (unpaired) electrons. The van der Waals surface area contributed by atoms with Crippen molar-refractivity contribution >= 4 is 40.4 Å². The first kappa shape index (κ1) is 25.0. The third-order valence-corrected chi connectivity index (χ3v) is 12.7.